The summed E-state index contributed by atoms with van der Waals surface area (Å²) in [7, 11) is 0. The van der Waals surface area contributed by atoms with Crippen LogP contribution in [0.5, 0.6) is 0 Å². The van der Waals surface area contributed by atoms with Gasteiger partial charge < -0.3 is 10.4 Å². The molecule has 0 atom stereocenters. The zero-order valence-electron chi connectivity index (χ0n) is 9.22. The summed E-state index contributed by atoms with van der Waals surface area (Å²) in [6.45, 7) is 0.306. The molecule has 0 aromatic heterocycles. The van der Waals surface area contributed by atoms with Crippen molar-refractivity contribution in [2.24, 2.45) is 0 Å². The molecule has 0 unspecified atom stereocenters. The lowest BCUT2D eigenvalue weighted by atomic mass is 10.2. The summed E-state index contributed by atoms with van der Waals surface area (Å²) in [4.78, 5) is 10.3. The lowest BCUT2D eigenvalue weighted by Crippen LogP contribution is -2.08. The summed E-state index contributed by atoms with van der Waals surface area (Å²) >= 11 is 3.00. The van der Waals surface area contributed by atoms with E-state index in [1.165, 1.54) is 6.07 Å². The van der Waals surface area contributed by atoms with Crippen LogP contribution in [0.2, 0.25) is 0 Å². The van der Waals surface area contributed by atoms with E-state index in [0.717, 1.165) is 12.1 Å². The molecule has 0 bridgehead atoms. The smallest absolute Gasteiger partial charge is 0.416 e. The number of halogens is 4. The number of hydrogen-bond donors (Lipinski definition) is 2. The molecule has 0 radical (unpaired) electrons. The third-order valence-corrected chi connectivity index (χ3v) is 2.58. The van der Waals surface area contributed by atoms with Gasteiger partial charge in [0, 0.05) is 23.1 Å². The molecule has 0 heterocycles. The first-order valence-corrected chi connectivity index (χ1v) is 5.92. The van der Waals surface area contributed by atoms with Crippen molar-refractivity contribution < 1.29 is 23.1 Å². The summed E-state index contributed by atoms with van der Waals surface area (Å²) in [5.41, 5.74) is -0.445. The lowest BCUT2D eigenvalue weighted by molar-refractivity contribution is -0.138. The Labute approximate surface area is 110 Å². The van der Waals surface area contributed by atoms with Crippen molar-refractivity contribution in [1.82, 2.24) is 0 Å². The van der Waals surface area contributed by atoms with Gasteiger partial charge in [-0.25, -0.2) is 0 Å². The fourth-order valence-corrected chi connectivity index (χ4v) is 1.82. The topological polar surface area (TPSA) is 49.3 Å². The largest absolute Gasteiger partial charge is 0.481 e. The molecule has 0 aliphatic carbocycles. The number of anilines is 1. The van der Waals surface area contributed by atoms with Crippen molar-refractivity contribution in [3.8, 4) is 0 Å². The van der Waals surface area contributed by atoms with Gasteiger partial charge in [-0.1, -0.05) is 15.9 Å². The van der Waals surface area contributed by atoms with Crippen LogP contribution in [0.1, 0.15) is 18.4 Å². The van der Waals surface area contributed by atoms with Crippen LogP contribution in [-0.2, 0) is 11.0 Å². The number of carboxylic acid groups (broad SMARTS) is 1. The van der Waals surface area contributed by atoms with E-state index in [2.05, 4.69) is 21.2 Å². The highest BCUT2D eigenvalue weighted by Gasteiger charge is 2.31. The SMILES string of the molecule is O=C(O)CCCNc1cc(Br)cc(C(F)(F)F)c1. The van der Waals surface area contributed by atoms with Gasteiger partial charge in [0.05, 0.1) is 5.56 Å². The fourth-order valence-electron chi connectivity index (χ4n) is 1.33. The number of benzene rings is 1. The molecule has 1 aromatic carbocycles. The molecule has 7 heteroatoms. The van der Waals surface area contributed by atoms with Crippen molar-refractivity contribution in [2.75, 3.05) is 11.9 Å². The second-order valence-corrected chi connectivity index (χ2v) is 4.57. The van der Waals surface area contributed by atoms with Gasteiger partial charge in [0.2, 0.25) is 0 Å². The minimum atomic E-state index is -4.40. The van der Waals surface area contributed by atoms with Gasteiger partial charge in [-0.3, -0.25) is 4.79 Å². The highest BCUT2D eigenvalue weighted by atomic mass is 79.9. The summed E-state index contributed by atoms with van der Waals surface area (Å²) < 4.78 is 37.9. The van der Waals surface area contributed by atoms with Gasteiger partial charge in [-0.15, -0.1) is 0 Å². The molecule has 0 aliphatic heterocycles. The van der Waals surface area contributed by atoms with Gasteiger partial charge in [0.15, 0.2) is 0 Å². The molecule has 0 amide bonds. The maximum absolute atomic E-state index is 12.5. The van der Waals surface area contributed by atoms with Crippen molar-refractivity contribution >= 4 is 27.6 Å². The molecule has 18 heavy (non-hydrogen) atoms. The van der Waals surface area contributed by atoms with Crippen molar-refractivity contribution in [1.29, 1.82) is 0 Å². The van der Waals surface area contributed by atoms with Crippen LogP contribution in [0.25, 0.3) is 0 Å². The zero-order chi connectivity index (χ0) is 13.8. The van der Waals surface area contributed by atoms with Gasteiger partial charge >= 0.3 is 12.1 Å². The molecule has 100 valence electrons. The first-order chi connectivity index (χ1) is 8.29. The van der Waals surface area contributed by atoms with Crippen LogP contribution in [0.15, 0.2) is 22.7 Å². The third-order valence-electron chi connectivity index (χ3n) is 2.12. The molecule has 0 saturated heterocycles. The Morgan fingerprint density at radius 1 is 1.33 bits per heavy atom. The monoisotopic (exact) mass is 325 g/mol. The van der Waals surface area contributed by atoms with Gasteiger partial charge in [-0.2, -0.15) is 13.2 Å². The second kappa shape index (κ2) is 6.08. The minimum absolute atomic E-state index is 0.0207. The third kappa shape index (κ3) is 4.95. The maximum Gasteiger partial charge on any atom is 0.416 e. The van der Waals surface area contributed by atoms with Gasteiger partial charge in [0.1, 0.15) is 0 Å². The lowest BCUT2D eigenvalue weighted by Gasteiger charge is -2.11. The highest BCUT2D eigenvalue weighted by molar-refractivity contribution is 9.10. The Balaban J connectivity index is 2.66. The minimum Gasteiger partial charge on any atom is -0.481 e. The van der Waals surface area contributed by atoms with E-state index >= 15 is 0 Å². The number of aliphatic carboxylic acids is 1. The van der Waals surface area contributed by atoms with Gasteiger partial charge in [0.25, 0.3) is 0 Å². The first kappa shape index (κ1) is 14.8. The quantitative estimate of drug-likeness (QED) is 0.811. The molecule has 0 fully saturated rings. The molecule has 1 rings (SSSR count). The van der Waals surface area contributed by atoms with E-state index in [1.54, 1.807) is 0 Å². The normalized spacial score (nSPS) is 11.3. The van der Waals surface area contributed by atoms with Crippen LogP contribution < -0.4 is 5.32 Å². The molecule has 0 saturated carbocycles. The molecule has 3 nitrogen and oxygen atoms in total. The van der Waals surface area contributed by atoms with Crippen molar-refractivity contribution in [3.63, 3.8) is 0 Å². The molecular weight excluding hydrogens is 315 g/mol. The summed E-state index contributed by atoms with van der Waals surface area (Å²) in [5.74, 6) is -0.929. The first-order valence-electron chi connectivity index (χ1n) is 5.12. The Hall–Kier alpha value is -1.24. The number of rotatable bonds is 5. The highest BCUT2D eigenvalue weighted by Crippen LogP contribution is 2.33. The second-order valence-electron chi connectivity index (χ2n) is 3.65. The van der Waals surface area contributed by atoms with E-state index in [0.29, 0.717) is 23.1 Å². The predicted molar refractivity (Wildman–Crippen MR) is 64.5 cm³/mol. The van der Waals surface area contributed by atoms with E-state index in [9.17, 15) is 18.0 Å². The zero-order valence-corrected chi connectivity index (χ0v) is 10.8. The molecule has 1 aromatic rings. The van der Waals surface area contributed by atoms with Crippen LogP contribution in [0, 0.1) is 0 Å². The van der Waals surface area contributed by atoms with Crippen molar-refractivity contribution in [3.05, 3.63) is 28.2 Å². The number of nitrogens with one attached hydrogen (secondary N) is 1. The average molecular weight is 326 g/mol. The standard InChI is InChI=1S/C11H11BrF3NO2/c12-8-4-7(11(13,14)15)5-9(6-8)16-3-1-2-10(17)18/h4-6,16H,1-3H2,(H,17,18). The molecule has 0 spiro atoms. The summed E-state index contributed by atoms with van der Waals surface area (Å²) in [5, 5.41) is 11.2. The average Bonchev–Trinajstić information content (AvgIpc) is 2.22. The van der Waals surface area contributed by atoms with E-state index in [1.807, 2.05) is 0 Å². The fraction of sp³-hybridized carbons (Fsp3) is 0.364. The number of hydrogen-bond acceptors (Lipinski definition) is 2. The van der Waals surface area contributed by atoms with Crippen LogP contribution >= 0.6 is 15.9 Å². The van der Waals surface area contributed by atoms with Crippen LogP contribution in [0.4, 0.5) is 18.9 Å². The van der Waals surface area contributed by atoms with Crippen molar-refractivity contribution in [2.45, 2.75) is 19.0 Å². The van der Waals surface area contributed by atoms with Crippen LogP contribution in [-0.4, -0.2) is 17.6 Å². The Morgan fingerprint density at radius 3 is 2.56 bits per heavy atom. The Kier molecular flexibility index (Phi) is 5.01. The van der Waals surface area contributed by atoms with Crippen LogP contribution in [0.3, 0.4) is 0 Å². The van der Waals surface area contributed by atoms with E-state index in [-0.39, 0.29) is 6.42 Å². The number of alkyl halides is 3. The number of carboxylic acids is 1. The van der Waals surface area contributed by atoms with E-state index < -0.39 is 17.7 Å². The summed E-state index contributed by atoms with van der Waals surface area (Å²) in [6.07, 6.45) is -4.07. The Bertz CT molecular complexity index is 435. The Morgan fingerprint density at radius 2 is 2.00 bits per heavy atom. The number of carbonyl (C=O) groups is 1. The van der Waals surface area contributed by atoms with E-state index in [4.69, 9.17) is 5.11 Å². The molecule has 0 aliphatic rings. The summed E-state index contributed by atoms with van der Waals surface area (Å²) in [6, 6.07) is 3.49. The van der Waals surface area contributed by atoms with Gasteiger partial charge in [-0.05, 0) is 24.6 Å². The molecule has 2 N–H and O–H groups in total. The molecular formula is C11H11BrF3NO2. The predicted octanol–water partition coefficient (Wildman–Crippen LogP) is 3.74. The maximum atomic E-state index is 12.5.